The molecule has 0 bridgehead atoms. The van der Waals surface area contributed by atoms with Gasteiger partial charge in [-0.3, -0.25) is 0 Å². The van der Waals surface area contributed by atoms with Crippen LogP contribution in [0.4, 0.5) is 0 Å². The van der Waals surface area contributed by atoms with Crippen LogP contribution in [0.25, 0.3) is 22.0 Å². The van der Waals surface area contributed by atoms with Crippen LogP contribution in [-0.2, 0) is 4.74 Å². The van der Waals surface area contributed by atoms with E-state index in [0.717, 1.165) is 27.6 Å². The van der Waals surface area contributed by atoms with E-state index in [2.05, 4.69) is 4.98 Å². The fourth-order valence-corrected chi connectivity index (χ4v) is 2.78. The lowest BCUT2D eigenvalue weighted by atomic mass is 9.98. The van der Waals surface area contributed by atoms with Gasteiger partial charge < -0.3 is 14.5 Å². The number of aryl methyl sites for hydroxylation is 1. The van der Waals surface area contributed by atoms with Gasteiger partial charge in [0.05, 0.1) is 19.7 Å². The number of ether oxygens (including phenoxy) is 2. The minimum absolute atomic E-state index is 0.380. The molecule has 0 aliphatic heterocycles. The summed E-state index contributed by atoms with van der Waals surface area (Å²) in [7, 11) is 2.99. The number of hydrogen-bond donors (Lipinski definition) is 1. The van der Waals surface area contributed by atoms with E-state index in [1.807, 2.05) is 49.4 Å². The van der Waals surface area contributed by atoms with Gasteiger partial charge in [0.1, 0.15) is 11.4 Å². The summed E-state index contributed by atoms with van der Waals surface area (Å²) in [6.45, 7) is 1.91. The van der Waals surface area contributed by atoms with Crippen LogP contribution in [0.1, 0.15) is 16.1 Å². The van der Waals surface area contributed by atoms with Crippen LogP contribution in [0.3, 0.4) is 0 Å². The predicted octanol–water partition coefficient (Wildman–Crippen LogP) is 3.94. The molecule has 3 rings (SSSR count). The van der Waals surface area contributed by atoms with E-state index in [1.165, 1.54) is 7.11 Å². The number of H-pyrrole nitrogens is 1. The summed E-state index contributed by atoms with van der Waals surface area (Å²) in [5.74, 6) is 0.322. The summed E-state index contributed by atoms with van der Waals surface area (Å²) in [6.07, 6.45) is 0. The molecule has 2 aromatic carbocycles. The second-order valence-corrected chi connectivity index (χ2v) is 5.05. The second kappa shape index (κ2) is 5.56. The third kappa shape index (κ3) is 2.13. The lowest BCUT2D eigenvalue weighted by molar-refractivity contribution is 0.0594. The molecule has 0 saturated heterocycles. The third-order valence-corrected chi connectivity index (χ3v) is 3.86. The summed E-state index contributed by atoms with van der Waals surface area (Å²) in [5, 5.41) is 0.978. The van der Waals surface area contributed by atoms with Gasteiger partial charge in [-0.2, -0.15) is 0 Å². The fraction of sp³-hybridized carbons (Fsp3) is 0.167. The average molecular weight is 295 g/mol. The lowest BCUT2D eigenvalue weighted by Crippen LogP contribution is -2.03. The molecule has 3 aromatic rings. The Bertz CT molecular complexity index is 834. The van der Waals surface area contributed by atoms with Gasteiger partial charge in [-0.15, -0.1) is 0 Å². The Morgan fingerprint density at radius 3 is 2.41 bits per heavy atom. The minimum Gasteiger partial charge on any atom is -0.495 e. The maximum atomic E-state index is 12.0. The first-order chi connectivity index (χ1) is 10.7. The van der Waals surface area contributed by atoms with Crippen molar-refractivity contribution in [3.05, 3.63) is 53.7 Å². The highest BCUT2D eigenvalue weighted by atomic mass is 16.5. The molecule has 1 N–H and O–H groups in total. The summed E-state index contributed by atoms with van der Waals surface area (Å²) < 4.78 is 10.3. The lowest BCUT2D eigenvalue weighted by Gasteiger charge is -2.08. The van der Waals surface area contributed by atoms with E-state index >= 15 is 0 Å². The number of methoxy groups -OCH3 is 2. The largest absolute Gasteiger partial charge is 0.495 e. The molecule has 0 aliphatic rings. The van der Waals surface area contributed by atoms with Crippen LogP contribution in [0, 0.1) is 6.92 Å². The van der Waals surface area contributed by atoms with Crippen molar-refractivity contribution in [3.63, 3.8) is 0 Å². The summed E-state index contributed by atoms with van der Waals surface area (Å²) >= 11 is 0. The Kier molecular flexibility index (Phi) is 3.59. The summed E-state index contributed by atoms with van der Waals surface area (Å²) in [5.41, 5.74) is 4.27. The first kappa shape index (κ1) is 14.2. The molecular formula is C18H17NO3. The van der Waals surface area contributed by atoms with Crippen LogP contribution in [0.5, 0.6) is 5.75 Å². The highest BCUT2D eigenvalue weighted by Crippen LogP contribution is 2.37. The van der Waals surface area contributed by atoms with Gasteiger partial charge in [0.2, 0.25) is 0 Å². The minimum atomic E-state index is -0.380. The van der Waals surface area contributed by atoms with Crippen LogP contribution < -0.4 is 4.74 Å². The molecule has 22 heavy (non-hydrogen) atoms. The molecule has 4 heteroatoms. The Morgan fingerprint density at radius 2 is 1.77 bits per heavy atom. The highest BCUT2D eigenvalue weighted by Gasteiger charge is 2.20. The number of nitrogens with one attached hydrogen (secondary N) is 1. The maximum Gasteiger partial charge on any atom is 0.354 e. The Hall–Kier alpha value is -2.75. The highest BCUT2D eigenvalue weighted by molar-refractivity contribution is 6.06. The molecule has 0 fully saturated rings. The van der Waals surface area contributed by atoms with Crippen LogP contribution >= 0.6 is 0 Å². The van der Waals surface area contributed by atoms with Crippen LogP contribution in [0.2, 0.25) is 0 Å². The Morgan fingerprint density at radius 1 is 1.05 bits per heavy atom. The van der Waals surface area contributed by atoms with Crippen molar-refractivity contribution in [1.29, 1.82) is 0 Å². The van der Waals surface area contributed by atoms with Crippen molar-refractivity contribution >= 4 is 16.9 Å². The van der Waals surface area contributed by atoms with E-state index < -0.39 is 0 Å². The topological polar surface area (TPSA) is 51.3 Å². The second-order valence-electron chi connectivity index (χ2n) is 5.05. The number of hydrogen-bond acceptors (Lipinski definition) is 3. The van der Waals surface area contributed by atoms with E-state index in [1.54, 1.807) is 7.11 Å². The normalized spacial score (nSPS) is 10.7. The predicted molar refractivity (Wildman–Crippen MR) is 86.4 cm³/mol. The molecule has 1 heterocycles. The number of esters is 1. The van der Waals surface area contributed by atoms with Crippen LogP contribution in [-0.4, -0.2) is 25.2 Å². The number of aromatic nitrogens is 1. The van der Waals surface area contributed by atoms with E-state index in [0.29, 0.717) is 11.4 Å². The van der Waals surface area contributed by atoms with Gasteiger partial charge in [0, 0.05) is 5.39 Å². The molecule has 0 spiro atoms. The number of aromatic amines is 1. The van der Waals surface area contributed by atoms with Crippen molar-refractivity contribution in [2.24, 2.45) is 0 Å². The molecule has 112 valence electrons. The third-order valence-electron chi connectivity index (χ3n) is 3.86. The fourth-order valence-electron chi connectivity index (χ4n) is 2.78. The molecular weight excluding hydrogens is 278 g/mol. The molecule has 0 radical (unpaired) electrons. The van der Waals surface area contributed by atoms with Crippen molar-refractivity contribution in [2.45, 2.75) is 6.92 Å². The quantitative estimate of drug-likeness (QED) is 0.745. The molecule has 0 aliphatic carbocycles. The maximum absolute atomic E-state index is 12.0. The zero-order chi connectivity index (χ0) is 15.7. The number of carbonyl (C=O) groups is 1. The van der Waals surface area contributed by atoms with Crippen molar-refractivity contribution < 1.29 is 14.3 Å². The van der Waals surface area contributed by atoms with Gasteiger partial charge in [-0.25, -0.2) is 4.79 Å². The smallest absolute Gasteiger partial charge is 0.354 e. The molecule has 0 atom stereocenters. The van der Waals surface area contributed by atoms with Crippen molar-refractivity contribution in [1.82, 2.24) is 4.98 Å². The monoisotopic (exact) mass is 295 g/mol. The molecule has 4 nitrogen and oxygen atoms in total. The van der Waals surface area contributed by atoms with Gasteiger partial charge in [-0.1, -0.05) is 30.3 Å². The first-order valence-electron chi connectivity index (χ1n) is 7.00. The molecule has 1 aromatic heterocycles. The number of benzene rings is 2. The van der Waals surface area contributed by atoms with Gasteiger partial charge in [0.25, 0.3) is 0 Å². The standard InChI is InChI=1S/C18H17NO3/c1-11-15-13(12-7-5-4-6-8-12)9-10-14(21-2)17(15)19-16(11)18(20)22-3/h4-10,19H,1-3H3. The Labute approximate surface area is 128 Å². The van der Waals surface area contributed by atoms with E-state index in [9.17, 15) is 4.79 Å². The number of carbonyl (C=O) groups excluding carboxylic acids is 1. The zero-order valence-electron chi connectivity index (χ0n) is 12.8. The van der Waals surface area contributed by atoms with E-state index in [4.69, 9.17) is 9.47 Å². The summed E-state index contributed by atoms with van der Waals surface area (Å²) in [6, 6.07) is 14.0. The van der Waals surface area contributed by atoms with Gasteiger partial charge >= 0.3 is 5.97 Å². The zero-order valence-corrected chi connectivity index (χ0v) is 12.8. The number of rotatable bonds is 3. The summed E-state index contributed by atoms with van der Waals surface area (Å²) in [4.78, 5) is 15.1. The van der Waals surface area contributed by atoms with Crippen molar-refractivity contribution in [3.8, 4) is 16.9 Å². The average Bonchev–Trinajstić information content (AvgIpc) is 2.92. The van der Waals surface area contributed by atoms with E-state index in [-0.39, 0.29) is 5.97 Å². The van der Waals surface area contributed by atoms with Gasteiger partial charge in [0.15, 0.2) is 0 Å². The SMILES string of the molecule is COC(=O)c1[nH]c2c(OC)ccc(-c3ccccc3)c2c1C. The number of fused-ring (bicyclic) bond motifs is 1. The first-order valence-corrected chi connectivity index (χ1v) is 7.00. The Balaban J connectivity index is 2.36. The van der Waals surface area contributed by atoms with Gasteiger partial charge in [-0.05, 0) is 35.7 Å². The van der Waals surface area contributed by atoms with Crippen LogP contribution in [0.15, 0.2) is 42.5 Å². The molecule has 0 unspecified atom stereocenters. The molecule has 0 saturated carbocycles. The molecule has 0 amide bonds. The van der Waals surface area contributed by atoms with Crippen molar-refractivity contribution in [2.75, 3.05) is 14.2 Å².